The SMILES string of the molecule is Cc1cc(C)cc(OCC(O)CC#N)c1. The third-order valence-corrected chi connectivity index (χ3v) is 1.96. The van der Waals surface area contributed by atoms with E-state index in [1.807, 2.05) is 32.0 Å². The lowest BCUT2D eigenvalue weighted by Gasteiger charge is -2.10. The molecule has 1 atom stereocenters. The van der Waals surface area contributed by atoms with E-state index in [1.165, 1.54) is 0 Å². The molecule has 0 saturated heterocycles. The molecule has 0 radical (unpaired) electrons. The topological polar surface area (TPSA) is 53.2 Å². The van der Waals surface area contributed by atoms with Crippen molar-refractivity contribution in [1.82, 2.24) is 0 Å². The normalized spacial score (nSPS) is 11.9. The summed E-state index contributed by atoms with van der Waals surface area (Å²) in [5.41, 5.74) is 2.25. The highest BCUT2D eigenvalue weighted by molar-refractivity contribution is 5.32. The molecule has 0 fully saturated rings. The van der Waals surface area contributed by atoms with E-state index < -0.39 is 6.10 Å². The lowest BCUT2D eigenvalue weighted by molar-refractivity contribution is 0.111. The summed E-state index contributed by atoms with van der Waals surface area (Å²) in [6, 6.07) is 7.77. The Morgan fingerprint density at radius 1 is 1.33 bits per heavy atom. The molecule has 0 aliphatic heterocycles. The van der Waals surface area contributed by atoms with Gasteiger partial charge in [0, 0.05) is 0 Å². The van der Waals surface area contributed by atoms with Crippen LogP contribution in [0.15, 0.2) is 18.2 Å². The van der Waals surface area contributed by atoms with Gasteiger partial charge in [-0.05, 0) is 37.1 Å². The Balaban J connectivity index is 2.54. The van der Waals surface area contributed by atoms with Crippen molar-refractivity contribution in [3.63, 3.8) is 0 Å². The summed E-state index contributed by atoms with van der Waals surface area (Å²) in [6.07, 6.45) is -0.610. The van der Waals surface area contributed by atoms with Crippen molar-refractivity contribution >= 4 is 0 Å². The predicted molar refractivity (Wildman–Crippen MR) is 57.6 cm³/mol. The zero-order valence-electron chi connectivity index (χ0n) is 9.03. The summed E-state index contributed by atoms with van der Waals surface area (Å²) in [6.45, 7) is 4.15. The quantitative estimate of drug-likeness (QED) is 0.817. The summed E-state index contributed by atoms with van der Waals surface area (Å²) < 4.78 is 5.38. The second-order valence-corrected chi connectivity index (χ2v) is 3.65. The first-order valence-electron chi connectivity index (χ1n) is 4.88. The summed E-state index contributed by atoms with van der Waals surface area (Å²) in [7, 11) is 0. The molecule has 3 heteroatoms. The molecular formula is C12H15NO2. The number of ether oxygens (including phenoxy) is 1. The average Bonchev–Trinajstić information content (AvgIpc) is 2.14. The molecule has 0 spiro atoms. The molecule has 1 N–H and O–H groups in total. The van der Waals surface area contributed by atoms with Gasteiger partial charge >= 0.3 is 0 Å². The number of rotatable bonds is 4. The Labute approximate surface area is 89.9 Å². The van der Waals surface area contributed by atoms with Gasteiger partial charge in [-0.3, -0.25) is 0 Å². The van der Waals surface area contributed by atoms with Crippen molar-refractivity contribution in [2.24, 2.45) is 0 Å². The molecule has 15 heavy (non-hydrogen) atoms. The van der Waals surface area contributed by atoms with E-state index in [4.69, 9.17) is 10.00 Å². The maximum atomic E-state index is 9.30. The molecule has 0 heterocycles. The summed E-state index contributed by atoms with van der Waals surface area (Å²) in [4.78, 5) is 0. The molecule has 1 aromatic rings. The smallest absolute Gasteiger partial charge is 0.119 e. The fourth-order valence-corrected chi connectivity index (χ4v) is 1.37. The molecule has 1 unspecified atom stereocenters. The van der Waals surface area contributed by atoms with E-state index in [1.54, 1.807) is 0 Å². The predicted octanol–water partition coefficient (Wildman–Crippen LogP) is 1.96. The van der Waals surface area contributed by atoms with Crippen molar-refractivity contribution in [1.29, 1.82) is 5.26 Å². The van der Waals surface area contributed by atoms with E-state index >= 15 is 0 Å². The molecule has 0 aliphatic rings. The van der Waals surface area contributed by atoms with Crippen LogP contribution in [-0.4, -0.2) is 17.8 Å². The Morgan fingerprint density at radius 2 is 1.93 bits per heavy atom. The third-order valence-electron chi connectivity index (χ3n) is 1.96. The van der Waals surface area contributed by atoms with Gasteiger partial charge in [0.05, 0.1) is 12.5 Å². The highest BCUT2D eigenvalue weighted by atomic mass is 16.5. The van der Waals surface area contributed by atoms with Crippen LogP contribution in [0.4, 0.5) is 0 Å². The van der Waals surface area contributed by atoms with Crippen LogP contribution in [0.3, 0.4) is 0 Å². The molecule has 0 aliphatic carbocycles. The Bertz CT molecular complexity index is 348. The van der Waals surface area contributed by atoms with Gasteiger partial charge in [0.2, 0.25) is 0 Å². The van der Waals surface area contributed by atoms with Crippen molar-refractivity contribution in [2.75, 3.05) is 6.61 Å². The number of aliphatic hydroxyl groups excluding tert-OH is 1. The summed E-state index contributed by atoms with van der Waals surface area (Å²) >= 11 is 0. The van der Waals surface area contributed by atoms with Gasteiger partial charge in [0.25, 0.3) is 0 Å². The monoisotopic (exact) mass is 205 g/mol. The van der Waals surface area contributed by atoms with Gasteiger partial charge in [-0.25, -0.2) is 0 Å². The van der Waals surface area contributed by atoms with E-state index in [-0.39, 0.29) is 13.0 Å². The first-order chi connectivity index (χ1) is 7.11. The number of hydrogen-bond acceptors (Lipinski definition) is 3. The Hall–Kier alpha value is -1.53. The molecule has 3 nitrogen and oxygen atoms in total. The van der Waals surface area contributed by atoms with Crippen LogP contribution in [0, 0.1) is 25.2 Å². The van der Waals surface area contributed by atoms with Gasteiger partial charge in [-0.1, -0.05) is 6.07 Å². The molecular weight excluding hydrogens is 190 g/mol. The highest BCUT2D eigenvalue weighted by Crippen LogP contribution is 2.16. The van der Waals surface area contributed by atoms with Gasteiger partial charge in [-0.15, -0.1) is 0 Å². The number of nitrogens with zero attached hydrogens (tertiary/aromatic N) is 1. The lowest BCUT2D eigenvalue weighted by Crippen LogP contribution is -2.16. The number of aryl methyl sites for hydroxylation is 2. The molecule has 1 rings (SSSR count). The molecule has 0 bridgehead atoms. The minimum Gasteiger partial charge on any atom is -0.491 e. The van der Waals surface area contributed by atoms with Crippen LogP contribution >= 0.6 is 0 Å². The van der Waals surface area contributed by atoms with E-state index in [2.05, 4.69) is 6.07 Å². The van der Waals surface area contributed by atoms with Gasteiger partial charge in [0.1, 0.15) is 18.5 Å². The zero-order valence-corrected chi connectivity index (χ0v) is 9.03. The summed E-state index contributed by atoms with van der Waals surface area (Å²) in [5.74, 6) is 0.740. The van der Waals surface area contributed by atoms with E-state index in [9.17, 15) is 5.11 Å². The number of aliphatic hydroxyl groups is 1. The third kappa shape index (κ3) is 4.01. The molecule has 0 amide bonds. The fraction of sp³-hybridized carbons (Fsp3) is 0.417. The van der Waals surface area contributed by atoms with Crippen LogP contribution in [0.1, 0.15) is 17.5 Å². The van der Waals surface area contributed by atoms with Crippen molar-refractivity contribution in [3.8, 4) is 11.8 Å². The van der Waals surface area contributed by atoms with Crippen LogP contribution in [0.2, 0.25) is 0 Å². The van der Waals surface area contributed by atoms with E-state index in [0.717, 1.165) is 16.9 Å². The Morgan fingerprint density at radius 3 is 2.47 bits per heavy atom. The zero-order chi connectivity index (χ0) is 11.3. The number of hydrogen-bond donors (Lipinski definition) is 1. The molecule has 0 saturated carbocycles. The van der Waals surface area contributed by atoms with Gasteiger partial charge in [0.15, 0.2) is 0 Å². The first kappa shape index (κ1) is 11.5. The van der Waals surface area contributed by atoms with Gasteiger partial charge < -0.3 is 9.84 Å². The number of nitriles is 1. The Kier molecular flexibility index (Phi) is 4.14. The second kappa shape index (κ2) is 5.38. The van der Waals surface area contributed by atoms with Crippen LogP contribution in [-0.2, 0) is 0 Å². The van der Waals surface area contributed by atoms with Crippen LogP contribution in [0.25, 0.3) is 0 Å². The van der Waals surface area contributed by atoms with Crippen molar-refractivity contribution < 1.29 is 9.84 Å². The molecule has 80 valence electrons. The van der Waals surface area contributed by atoms with E-state index in [0.29, 0.717) is 0 Å². The van der Waals surface area contributed by atoms with Crippen LogP contribution < -0.4 is 4.74 Å². The van der Waals surface area contributed by atoms with Crippen molar-refractivity contribution in [2.45, 2.75) is 26.4 Å². The van der Waals surface area contributed by atoms with Crippen molar-refractivity contribution in [3.05, 3.63) is 29.3 Å². The maximum Gasteiger partial charge on any atom is 0.119 e. The lowest BCUT2D eigenvalue weighted by atomic mass is 10.1. The maximum absolute atomic E-state index is 9.30. The molecule has 0 aromatic heterocycles. The minimum absolute atomic E-state index is 0.102. The number of benzene rings is 1. The average molecular weight is 205 g/mol. The summed E-state index contributed by atoms with van der Waals surface area (Å²) in [5, 5.41) is 17.7. The highest BCUT2D eigenvalue weighted by Gasteiger charge is 2.04. The minimum atomic E-state index is -0.712. The largest absolute Gasteiger partial charge is 0.491 e. The fourth-order valence-electron chi connectivity index (χ4n) is 1.37. The first-order valence-corrected chi connectivity index (χ1v) is 4.88. The standard InChI is InChI=1S/C12H15NO2/c1-9-5-10(2)7-12(6-9)15-8-11(14)3-4-13/h5-7,11,14H,3,8H2,1-2H3. The van der Waals surface area contributed by atoms with Gasteiger partial charge in [-0.2, -0.15) is 5.26 Å². The molecule has 1 aromatic carbocycles. The van der Waals surface area contributed by atoms with Crippen LogP contribution in [0.5, 0.6) is 5.75 Å². The second-order valence-electron chi connectivity index (χ2n) is 3.65.